The summed E-state index contributed by atoms with van der Waals surface area (Å²) in [7, 11) is 0. The number of hydrogen-bond acceptors (Lipinski definition) is 5. The number of nitrogens with one attached hydrogen (secondary N) is 1. The Morgan fingerprint density at radius 3 is 2.50 bits per heavy atom. The number of halogens is 2. The summed E-state index contributed by atoms with van der Waals surface area (Å²) in [6.45, 7) is 4.00. The first-order valence-corrected chi connectivity index (χ1v) is 10.8. The summed E-state index contributed by atoms with van der Waals surface area (Å²) in [4.78, 5) is 17.1. The summed E-state index contributed by atoms with van der Waals surface area (Å²) in [5, 5.41) is 13.9. The number of β-amino-alcohol motifs (C(OH)–C–C–N with tert-alkyl or cyclic N) is 1. The molecule has 2 aliphatic heterocycles. The van der Waals surface area contributed by atoms with Crippen LogP contribution >= 0.6 is 24.8 Å². The Morgan fingerprint density at radius 2 is 1.80 bits per heavy atom. The zero-order valence-corrected chi connectivity index (χ0v) is 19.1. The smallest absolute Gasteiger partial charge is 0.239 e. The van der Waals surface area contributed by atoms with E-state index >= 15 is 0 Å². The summed E-state index contributed by atoms with van der Waals surface area (Å²) in [6.07, 6.45) is 5.60. The lowest BCUT2D eigenvalue weighted by Gasteiger charge is -2.36. The van der Waals surface area contributed by atoms with Crippen molar-refractivity contribution < 1.29 is 14.6 Å². The number of piperazine rings is 1. The highest BCUT2D eigenvalue weighted by Crippen LogP contribution is 2.33. The van der Waals surface area contributed by atoms with Gasteiger partial charge in [-0.05, 0) is 37.3 Å². The Hall–Kier alpha value is -1.05. The number of ether oxygens (including phenoxy) is 1. The number of carbonyl (C=O) groups is 1. The number of para-hydroxylation sites is 1. The molecule has 2 saturated heterocycles. The second-order valence-corrected chi connectivity index (χ2v) is 8.51. The van der Waals surface area contributed by atoms with Crippen LogP contribution in [0.5, 0.6) is 5.75 Å². The van der Waals surface area contributed by atoms with Crippen LogP contribution in [0.15, 0.2) is 30.3 Å². The average Bonchev–Trinajstić information content (AvgIpc) is 3.17. The highest BCUT2D eigenvalue weighted by Gasteiger charge is 2.40. The van der Waals surface area contributed by atoms with Gasteiger partial charge in [-0.3, -0.25) is 9.69 Å². The third-order valence-corrected chi connectivity index (χ3v) is 6.50. The molecule has 3 fully saturated rings. The average molecular weight is 460 g/mol. The first-order chi connectivity index (χ1) is 13.7. The number of rotatable bonds is 6. The minimum absolute atomic E-state index is 0. The molecule has 1 saturated carbocycles. The predicted octanol–water partition coefficient (Wildman–Crippen LogP) is 2.33. The molecule has 4 atom stereocenters. The molecule has 30 heavy (non-hydrogen) atoms. The third kappa shape index (κ3) is 6.47. The van der Waals surface area contributed by atoms with Crippen LogP contribution in [0.3, 0.4) is 0 Å². The van der Waals surface area contributed by atoms with Crippen molar-refractivity contribution in [1.29, 1.82) is 0 Å². The van der Waals surface area contributed by atoms with E-state index in [0.717, 1.165) is 38.3 Å². The van der Waals surface area contributed by atoms with Crippen LogP contribution in [-0.2, 0) is 4.79 Å². The Bertz CT molecular complexity index is 630. The van der Waals surface area contributed by atoms with Crippen LogP contribution in [0.4, 0.5) is 0 Å². The van der Waals surface area contributed by atoms with Crippen molar-refractivity contribution in [2.45, 2.75) is 50.3 Å². The van der Waals surface area contributed by atoms with Crippen LogP contribution in [0, 0.1) is 5.92 Å². The van der Waals surface area contributed by atoms with Gasteiger partial charge in [0.05, 0.1) is 6.04 Å². The first kappa shape index (κ1) is 25.2. The van der Waals surface area contributed by atoms with E-state index in [0.29, 0.717) is 18.5 Å². The van der Waals surface area contributed by atoms with Gasteiger partial charge in [-0.2, -0.15) is 0 Å². The number of aliphatic hydroxyl groups is 1. The molecule has 170 valence electrons. The molecule has 0 spiro atoms. The number of hydrogen-bond donors (Lipinski definition) is 2. The fraction of sp³-hybridized carbons (Fsp3) is 0.682. The topological polar surface area (TPSA) is 65.0 Å². The SMILES string of the molecule is Cl.Cl.O=C(C1CC2CCCCC2N1)N1CCN(CC(O)COc2ccccc2)CC1. The lowest BCUT2D eigenvalue weighted by molar-refractivity contribution is -0.135. The van der Waals surface area contributed by atoms with Gasteiger partial charge in [0.25, 0.3) is 0 Å². The fourth-order valence-corrected chi connectivity index (χ4v) is 4.94. The van der Waals surface area contributed by atoms with Gasteiger partial charge in [0, 0.05) is 38.8 Å². The normalized spacial score (nSPS) is 27.4. The maximum Gasteiger partial charge on any atom is 0.239 e. The van der Waals surface area contributed by atoms with Gasteiger partial charge < -0.3 is 20.1 Å². The number of benzene rings is 1. The molecule has 1 aliphatic carbocycles. The van der Waals surface area contributed by atoms with E-state index in [-0.39, 0.29) is 43.4 Å². The molecule has 0 radical (unpaired) electrons. The van der Waals surface area contributed by atoms with Gasteiger partial charge >= 0.3 is 0 Å². The van der Waals surface area contributed by atoms with Gasteiger partial charge in [-0.25, -0.2) is 0 Å². The van der Waals surface area contributed by atoms with Crippen molar-refractivity contribution in [2.75, 3.05) is 39.3 Å². The van der Waals surface area contributed by atoms with Crippen LogP contribution in [0.25, 0.3) is 0 Å². The Kier molecular flexibility index (Phi) is 10.2. The van der Waals surface area contributed by atoms with E-state index < -0.39 is 6.10 Å². The van der Waals surface area contributed by atoms with Gasteiger partial charge in [-0.15, -0.1) is 24.8 Å². The van der Waals surface area contributed by atoms with Gasteiger partial charge in [0.2, 0.25) is 5.91 Å². The third-order valence-electron chi connectivity index (χ3n) is 6.50. The van der Waals surface area contributed by atoms with Crippen molar-refractivity contribution in [1.82, 2.24) is 15.1 Å². The van der Waals surface area contributed by atoms with Crippen molar-refractivity contribution in [3.8, 4) is 5.75 Å². The molecule has 3 aliphatic rings. The Morgan fingerprint density at radius 1 is 1.10 bits per heavy atom. The number of fused-ring (bicyclic) bond motifs is 1. The predicted molar refractivity (Wildman–Crippen MR) is 123 cm³/mol. The summed E-state index contributed by atoms with van der Waals surface area (Å²) in [6, 6.07) is 10.2. The van der Waals surface area contributed by atoms with Crippen molar-refractivity contribution >= 4 is 30.7 Å². The largest absolute Gasteiger partial charge is 0.491 e. The van der Waals surface area contributed by atoms with Crippen molar-refractivity contribution in [3.05, 3.63) is 30.3 Å². The maximum absolute atomic E-state index is 12.9. The Labute approximate surface area is 192 Å². The van der Waals surface area contributed by atoms with Crippen molar-refractivity contribution in [3.63, 3.8) is 0 Å². The molecule has 1 amide bonds. The van der Waals surface area contributed by atoms with E-state index in [1.54, 1.807) is 0 Å². The molecule has 6 nitrogen and oxygen atoms in total. The highest BCUT2D eigenvalue weighted by molar-refractivity contribution is 5.85. The molecule has 1 aromatic carbocycles. The van der Waals surface area contributed by atoms with Crippen LogP contribution < -0.4 is 10.1 Å². The molecular weight excluding hydrogens is 425 g/mol. The minimum Gasteiger partial charge on any atom is -0.491 e. The minimum atomic E-state index is -0.526. The second kappa shape index (κ2) is 12.1. The Balaban J connectivity index is 0.00000160. The fourth-order valence-electron chi connectivity index (χ4n) is 4.94. The van der Waals surface area contributed by atoms with Gasteiger partial charge in [0.15, 0.2) is 0 Å². The zero-order chi connectivity index (χ0) is 19.3. The highest BCUT2D eigenvalue weighted by atomic mass is 35.5. The van der Waals surface area contributed by atoms with E-state index in [2.05, 4.69) is 10.2 Å². The molecule has 2 N–H and O–H groups in total. The van der Waals surface area contributed by atoms with Crippen molar-refractivity contribution in [2.24, 2.45) is 5.92 Å². The molecular formula is C22H35Cl2N3O3. The molecule has 8 heteroatoms. The molecule has 4 unspecified atom stereocenters. The summed E-state index contributed by atoms with van der Waals surface area (Å²) >= 11 is 0. The molecule has 4 rings (SSSR count). The summed E-state index contributed by atoms with van der Waals surface area (Å²) in [5.41, 5.74) is 0. The van der Waals surface area contributed by atoms with E-state index in [1.807, 2.05) is 35.2 Å². The lowest BCUT2D eigenvalue weighted by atomic mass is 9.85. The standard InChI is InChI=1S/C22H33N3O3.2ClH/c26-18(16-28-19-7-2-1-3-8-19)15-24-10-12-25(13-11-24)22(27)21-14-17-6-4-5-9-20(17)23-21;;/h1-3,7-8,17-18,20-21,23,26H,4-6,9-16H2;2*1H. The molecule has 1 aromatic rings. The summed E-state index contributed by atoms with van der Waals surface area (Å²) < 4.78 is 5.63. The van der Waals surface area contributed by atoms with E-state index in [1.165, 1.54) is 25.7 Å². The number of nitrogens with zero attached hydrogens (tertiary/aromatic N) is 2. The van der Waals surface area contributed by atoms with Crippen LogP contribution in [0.1, 0.15) is 32.1 Å². The monoisotopic (exact) mass is 459 g/mol. The van der Waals surface area contributed by atoms with Crippen LogP contribution in [0.2, 0.25) is 0 Å². The van der Waals surface area contributed by atoms with Crippen LogP contribution in [-0.4, -0.2) is 78.3 Å². The number of carbonyl (C=O) groups excluding carboxylic acids is 1. The van der Waals surface area contributed by atoms with Gasteiger partial charge in [0.1, 0.15) is 18.5 Å². The molecule has 0 aromatic heterocycles. The van der Waals surface area contributed by atoms with E-state index in [4.69, 9.17) is 4.74 Å². The number of amides is 1. The van der Waals surface area contributed by atoms with E-state index in [9.17, 15) is 9.90 Å². The maximum atomic E-state index is 12.9. The lowest BCUT2D eigenvalue weighted by Crippen LogP contribution is -2.54. The first-order valence-electron chi connectivity index (χ1n) is 10.8. The number of aliphatic hydroxyl groups excluding tert-OH is 1. The zero-order valence-electron chi connectivity index (χ0n) is 17.4. The van der Waals surface area contributed by atoms with Gasteiger partial charge in [-0.1, -0.05) is 31.0 Å². The molecule has 0 bridgehead atoms. The second-order valence-electron chi connectivity index (χ2n) is 8.51. The quantitative estimate of drug-likeness (QED) is 0.683. The molecule has 2 heterocycles. The summed E-state index contributed by atoms with van der Waals surface area (Å²) in [5.74, 6) is 1.76.